The van der Waals surface area contributed by atoms with Crippen LogP contribution in [0.25, 0.3) is 0 Å². The largest absolute Gasteiger partial charge is 0.314 e. The minimum atomic E-state index is 0.539. The van der Waals surface area contributed by atoms with Gasteiger partial charge in [0.2, 0.25) is 0 Å². The van der Waals surface area contributed by atoms with Gasteiger partial charge in [-0.15, -0.1) is 0 Å². The van der Waals surface area contributed by atoms with Crippen molar-refractivity contribution in [2.75, 3.05) is 7.05 Å². The van der Waals surface area contributed by atoms with E-state index in [1.807, 2.05) is 7.05 Å². The lowest BCUT2D eigenvalue weighted by Gasteiger charge is -2.53. The summed E-state index contributed by atoms with van der Waals surface area (Å²) in [5, 5.41) is 3.30. The lowest BCUT2D eigenvalue weighted by atomic mass is 9.52. The van der Waals surface area contributed by atoms with Gasteiger partial charge in [-0.25, -0.2) is 0 Å². The van der Waals surface area contributed by atoms with Crippen LogP contribution in [0.3, 0.4) is 0 Å². The van der Waals surface area contributed by atoms with E-state index >= 15 is 0 Å². The summed E-state index contributed by atoms with van der Waals surface area (Å²) in [5.74, 6) is 5.21. The fraction of sp³-hybridized carbons (Fsp3) is 0.867. The maximum Gasteiger partial charge on any atom is 0.0218 e. The van der Waals surface area contributed by atoms with E-state index in [2.05, 4.69) is 24.4 Å². The van der Waals surface area contributed by atoms with Crippen molar-refractivity contribution in [1.82, 2.24) is 5.32 Å². The second kappa shape index (κ2) is 4.18. The topological polar surface area (TPSA) is 12.0 Å². The van der Waals surface area contributed by atoms with Crippen LogP contribution in [-0.2, 0) is 0 Å². The van der Waals surface area contributed by atoms with E-state index in [-0.39, 0.29) is 0 Å². The summed E-state index contributed by atoms with van der Waals surface area (Å²) in [5.41, 5.74) is 0. The molecule has 0 radical (unpaired) electrons. The molecule has 0 amide bonds. The van der Waals surface area contributed by atoms with E-state index in [9.17, 15) is 0 Å². The van der Waals surface area contributed by atoms with Crippen molar-refractivity contribution in [3.05, 3.63) is 12.2 Å². The van der Waals surface area contributed by atoms with Crippen LogP contribution < -0.4 is 5.32 Å². The van der Waals surface area contributed by atoms with Gasteiger partial charge in [0.25, 0.3) is 0 Å². The molecule has 1 N–H and O–H groups in total. The van der Waals surface area contributed by atoms with Gasteiger partial charge < -0.3 is 5.32 Å². The lowest BCUT2D eigenvalue weighted by Crippen LogP contribution is -2.44. The third-order valence-corrected chi connectivity index (χ3v) is 5.38. The minimum Gasteiger partial charge on any atom is -0.314 e. The Morgan fingerprint density at radius 2 is 1.56 bits per heavy atom. The zero-order valence-electron chi connectivity index (χ0n) is 10.7. The summed E-state index contributed by atoms with van der Waals surface area (Å²) in [6.45, 7) is 2.24. The first-order chi connectivity index (χ1) is 7.76. The Bertz CT molecular complexity index is 253. The standard InChI is InChI=1S/C15H25N/c1-10(16-2)3-4-15-13-6-11-5-12(8-13)9-14(15)7-11/h3-4,10-16H,5-9H2,1-2H3/b4-3+. The van der Waals surface area contributed by atoms with E-state index in [4.69, 9.17) is 0 Å². The van der Waals surface area contributed by atoms with Crippen molar-refractivity contribution in [2.45, 2.75) is 45.1 Å². The third kappa shape index (κ3) is 1.84. The van der Waals surface area contributed by atoms with Gasteiger partial charge >= 0.3 is 0 Å². The van der Waals surface area contributed by atoms with Crippen molar-refractivity contribution in [3.8, 4) is 0 Å². The molecule has 0 aromatic carbocycles. The third-order valence-electron chi connectivity index (χ3n) is 5.38. The predicted octanol–water partition coefficient (Wildman–Crippen LogP) is 3.22. The molecule has 0 aromatic heterocycles. The lowest BCUT2D eigenvalue weighted by molar-refractivity contribution is -0.0162. The van der Waals surface area contributed by atoms with Crippen LogP contribution in [0, 0.1) is 29.6 Å². The maximum atomic E-state index is 3.30. The second-order valence-electron chi connectivity index (χ2n) is 6.47. The molecule has 1 heteroatoms. The molecule has 0 heterocycles. The molecule has 0 aromatic rings. The summed E-state index contributed by atoms with van der Waals surface area (Å²) in [6.07, 6.45) is 12.7. The molecule has 0 spiro atoms. The number of allylic oxidation sites excluding steroid dienone is 1. The van der Waals surface area contributed by atoms with E-state index in [0.717, 1.165) is 29.6 Å². The SMILES string of the molecule is CNC(C)/C=C/C1C2CC3CC(C2)CC1C3. The molecule has 4 aliphatic rings. The quantitative estimate of drug-likeness (QED) is 0.719. The van der Waals surface area contributed by atoms with Crippen LogP contribution in [0.4, 0.5) is 0 Å². The Hall–Kier alpha value is -0.300. The first-order valence-electron chi connectivity index (χ1n) is 7.12. The van der Waals surface area contributed by atoms with Crippen LogP contribution >= 0.6 is 0 Å². The van der Waals surface area contributed by atoms with Crippen LogP contribution in [0.15, 0.2) is 12.2 Å². The highest BCUT2D eigenvalue weighted by Crippen LogP contribution is 2.56. The molecular weight excluding hydrogens is 194 g/mol. The summed E-state index contributed by atoms with van der Waals surface area (Å²) < 4.78 is 0. The molecule has 4 fully saturated rings. The van der Waals surface area contributed by atoms with Gasteiger partial charge in [0.1, 0.15) is 0 Å². The van der Waals surface area contributed by atoms with Crippen molar-refractivity contribution in [2.24, 2.45) is 29.6 Å². The Kier molecular flexibility index (Phi) is 2.83. The highest BCUT2D eigenvalue weighted by Gasteiger charge is 2.46. The van der Waals surface area contributed by atoms with Crippen LogP contribution in [0.1, 0.15) is 39.0 Å². The highest BCUT2D eigenvalue weighted by molar-refractivity contribution is 5.06. The molecule has 4 saturated carbocycles. The summed E-state index contributed by atoms with van der Waals surface area (Å²) >= 11 is 0. The van der Waals surface area contributed by atoms with Crippen molar-refractivity contribution < 1.29 is 0 Å². The summed E-state index contributed by atoms with van der Waals surface area (Å²) in [4.78, 5) is 0. The number of hydrogen-bond donors (Lipinski definition) is 1. The van der Waals surface area contributed by atoms with E-state index in [1.54, 1.807) is 6.42 Å². The summed E-state index contributed by atoms with van der Waals surface area (Å²) in [6, 6.07) is 0.539. The van der Waals surface area contributed by atoms with Gasteiger partial charge in [0.15, 0.2) is 0 Å². The Balaban J connectivity index is 1.70. The molecule has 4 bridgehead atoms. The highest BCUT2D eigenvalue weighted by atomic mass is 14.8. The zero-order chi connectivity index (χ0) is 11.1. The molecule has 0 aliphatic heterocycles. The van der Waals surface area contributed by atoms with Gasteiger partial charge in [-0.2, -0.15) is 0 Å². The molecule has 4 rings (SSSR count). The minimum absolute atomic E-state index is 0.539. The number of likely N-dealkylation sites (N-methyl/N-ethyl adjacent to an activating group) is 1. The molecule has 90 valence electrons. The fourth-order valence-corrected chi connectivity index (χ4v) is 4.67. The average molecular weight is 219 g/mol. The van der Waals surface area contributed by atoms with Crippen LogP contribution in [0.2, 0.25) is 0 Å². The molecule has 1 atom stereocenters. The Labute approximate surface area is 99.7 Å². The normalized spacial score (nSPS) is 47.8. The molecule has 0 saturated heterocycles. The number of rotatable bonds is 3. The maximum absolute atomic E-state index is 3.30. The van der Waals surface area contributed by atoms with Gasteiger partial charge in [-0.1, -0.05) is 12.2 Å². The van der Waals surface area contributed by atoms with Gasteiger partial charge in [-0.3, -0.25) is 0 Å². The van der Waals surface area contributed by atoms with Crippen molar-refractivity contribution >= 4 is 0 Å². The monoisotopic (exact) mass is 219 g/mol. The second-order valence-corrected chi connectivity index (χ2v) is 6.47. The molecule has 1 nitrogen and oxygen atoms in total. The van der Waals surface area contributed by atoms with E-state index < -0.39 is 0 Å². The first-order valence-corrected chi connectivity index (χ1v) is 7.12. The predicted molar refractivity (Wildman–Crippen MR) is 68.2 cm³/mol. The van der Waals surface area contributed by atoms with E-state index in [0.29, 0.717) is 6.04 Å². The van der Waals surface area contributed by atoms with Gasteiger partial charge in [0, 0.05) is 6.04 Å². The average Bonchev–Trinajstić information content (AvgIpc) is 2.26. The molecular formula is C15H25N. The Morgan fingerprint density at radius 3 is 2.06 bits per heavy atom. The zero-order valence-corrected chi connectivity index (χ0v) is 10.7. The molecule has 16 heavy (non-hydrogen) atoms. The molecule has 4 aliphatic carbocycles. The Morgan fingerprint density at radius 1 is 1.00 bits per heavy atom. The fourth-order valence-electron chi connectivity index (χ4n) is 4.67. The smallest absolute Gasteiger partial charge is 0.0218 e. The van der Waals surface area contributed by atoms with Gasteiger partial charge in [-0.05, 0) is 75.7 Å². The number of hydrogen-bond acceptors (Lipinski definition) is 1. The van der Waals surface area contributed by atoms with Crippen molar-refractivity contribution in [3.63, 3.8) is 0 Å². The number of nitrogens with one attached hydrogen (secondary N) is 1. The van der Waals surface area contributed by atoms with Crippen LogP contribution in [0.5, 0.6) is 0 Å². The molecule has 1 unspecified atom stereocenters. The van der Waals surface area contributed by atoms with E-state index in [1.165, 1.54) is 25.7 Å². The summed E-state index contributed by atoms with van der Waals surface area (Å²) in [7, 11) is 2.05. The van der Waals surface area contributed by atoms with Crippen molar-refractivity contribution in [1.29, 1.82) is 0 Å². The first kappa shape index (κ1) is 10.8. The van der Waals surface area contributed by atoms with Gasteiger partial charge in [0.05, 0.1) is 0 Å². The van der Waals surface area contributed by atoms with Crippen LogP contribution in [-0.4, -0.2) is 13.1 Å².